The molecule has 1 amide bonds. The van der Waals surface area contributed by atoms with Crippen LogP contribution in [0, 0.1) is 0 Å². The average molecular weight is 586 g/mol. The number of nitrogens with zero attached hydrogens (tertiary/aromatic N) is 5. The average Bonchev–Trinajstić information content (AvgIpc) is 2.97. The molecule has 2 aliphatic heterocycles. The number of aliphatic hydroxyl groups excluding tert-OH is 2. The minimum Gasteiger partial charge on any atom is -0.506 e. The summed E-state index contributed by atoms with van der Waals surface area (Å²) in [5.74, 6) is 0.475. The van der Waals surface area contributed by atoms with Gasteiger partial charge in [-0.2, -0.15) is 15.0 Å². The third kappa shape index (κ3) is 6.44. The lowest BCUT2D eigenvalue weighted by molar-refractivity contribution is 0.102. The van der Waals surface area contributed by atoms with E-state index in [1.165, 1.54) is 0 Å². The molecular weight excluding hydrogens is 550 g/mol. The summed E-state index contributed by atoms with van der Waals surface area (Å²) < 4.78 is 0. The molecule has 2 saturated heterocycles. The van der Waals surface area contributed by atoms with Gasteiger partial charge in [0.05, 0.1) is 17.8 Å². The molecule has 3 aromatic carbocycles. The van der Waals surface area contributed by atoms with Crippen LogP contribution < -0.4 is 31.9 Å². The number of fused-ring (bicyclic) bond motifs is 1. The number of rotatable bonds is 6. The first kappa shape index (κ1) is 28.6. The standard InChI is InChI=1S/C30H35N9O4/c31-18-11-22(40)15-38(13-18)29-35-28(36-30(37-29)39-14-19(32)12-23(41)16-39)34-21-8-6-20(7-9-21)33-27(43)25-10-5-17-3-1-2-4-24(17)26(25)42/h1-10,18-19,22-23,40-42H,11-16,31-32H2,(H,33,43)(H,34,35,36,37)/t18-,19+,22+,23-. The number of nitrogens with two attached hydrogens (primary N) is 2. The second-order valence-electron chi connectivity index (χ2n) is 11.2. The quantitative estimate of drug-likeness (QED) is 0.172. The highest BCUT2D eigenvalue weighted by atomic mass is 16.3. The van der Waals surface area contributed by atoms with Crippen LogP contribution in [-0.2, 0) is 0 Å². The van der Waals surface area contributed by atoms with Crippen molar-refractivity contribution in [1.82, 2.24) is 15.0 Å². The zero-order chi connectivity index (χ0) is 30.1. The lowest BCUT2D eigenvalue weighted by Gasteiger charge is -2.36. The van der Waals surface area contributed by atoms with Gasteiger partial charge in [0.2, 0.25) is 17.8 Å². The summed E-state index contributed by atoms with van der Waals surface area (Å²) in [5, 5.41) is 38.8. The largest absolute Gasteiger partial charge is 0.506 e. The minimum atomic E-state index is -0.607. The van der Waals surface area contributed by atoms with Crippen molar-refractivity contribution < 1.29 is 20.1 Å². The van der Waals surface area contributed by atoms with E-state index in [9.17, 15) is 20.1 Å². The Kier molecular flexibility index (Phi) is 7.95. The van der Waals surface area contributed by atoms with Crippen LogP contribution in [0.3, 0.4) is 0 Å². The van der Waals surface area contributed by atoms with Crippen molar-refractivity contribution in [2.24, 2.45) is 11.5 Å². The summed E-state index contributed by atoms with van der Waals surface area (Å²) in [4.78, 5) is 30.5. The number of anilines is 5. The molecule has 9 N–H and O–H groups in total. The van der Waals surface area contributed by atoms with E-state index < -0.39 is 18.1 Å². The maximum atomic E-state index is 12.9. The topological polar surface area (TPSA) is 199 Å². The van der Waals surface area contributed by atoms with Gasteiger partial charge in [-0.3, -0.25) is 4.79 Å². The molecule has 43 heavy (non-hydrogen) atoms. The van der Waals surface area contributed by atoms with Crippen molar-refractivity contribution in [3.05, 3.63) is 66.2 Å². The van der Waals surface area contributed by atoms with Crippen LogP contribution in [0.25, 0.3) is 10.8 Å². The van der Waals surface area contributed by atoms with Crippen LogP contribution in [0.2, 0.25) is 0 Å². The number of phenols is 1. The molecule has 13 nitrogen and oxygen atoms in total. The first-order chi connectivity index (χ1) is 20.7. The van der Waals surface area contributed by atoms with Gasteiger partial charge >= 0.3 is 0 Å². The smallest absolute Gasteiger partial charge is 0.259 e. The van der Waals surface area contributed by atoms with Crippen LogP contribution >= 0.6 is 0 Å². The normalized spacial score (nSPS) is 22.4. The number of carbonyl (C=O) groups excluding carboxylic acids is 1. The number of carbonyl (C=O) groups is 1. The molecule has 224 valence electrons. The van der Waals surface area contributed by atoms with E-state index in [1.807, 2.05) is 28.0 Å². The number of piperidine rings is 2. The Morgan fingerprint density at radius 1 is 0.767 bits per heavy atom. The number of aliphatic hydroxyl groups is 2. The number of nitrogens with one attached hydrogen (secondary N) is 2. The molecule has 0 bridgehead atoms. The zero-order valence-corrected chi connectivity index (χ0v) is 23.5. The van der Waals surface area contributed by atoms with Crippen molar-refractivity contribution in [2.75, 3.05) is 46.6 Å². The van der Waals surface area contributed by atoms with Crippen molar-refractivity contribution in [1.29, 1.82) is 0 Å². The van der Waals surface area contributed by atoms with Crippen molar-refractivity contribution in [3.63, 3.8) is 0 Å². The Morgan fingerprint density at radius 2 is 1.35 bits per heavy atom. The number of phenolic OH excluding ortho intramolecular Hbond substituents is 1. The van der Waals surface area contributed by atoms with Crippen molar-refractivity contribution >= 4 is 45.9 Å². The Hall–Kier alpha value is -4.56. The summed E-state index contributed by atoms with van der Waals surface area (Å²) in [7, 11) is 0. The minimum absolute atomic E-state index is 0.0697. The van der Waals surface area contributed by atoms with Crippen LogP contribution in [0.1, 0.15) is 23.2 Å². The molecule has 2 fully saturated rings. The second kappa shape index (κ2) is 12.0. The van der Waals surface area contributed by atoms with Crippen LogP contribution in [0.15, 0.2) is 60.7 Å². The molecule has 0 radical (unpaired) electrons. The van der Waals surface area contributed by atoms with Gasteiger partial charge in [0.1, 0.15) is 5.75 Å². The number of benzene rings is 3. The third-order valence-electron chi connectivity index (χ3n) is 7.64. The predicted molar refractivity (Wildman–Crippen MR) is 165 cm³/mol. The van der Waals surface area contributed by atoms with E-state index in [-0.39, 0.29) is 29.3 Å². The van der Waals surface area contributed by atoms with Gasteiger partial charge in [-0.05, 0) is 48.6 Å². The number of β-amino-alcohol motifs (C(OH)–C–C–N with tert-alkyl or cyclic N) is 2. The highest BCUT2D eigenvalue weighted by Gasteiger charge is 2.29. The predicted octanol–water partition coefficient (Wildman–Crippen LogP) is 1.52. The molecule has 0 unspecified atom stereocenters. The van der Waals surface area contributed by atoms with Crippen LogP contribution in [0.5, 0.6) is 5.75 Å². The fourth-order valence-electron chi connectivity index (χ4n) is 5.64. The summed E-state index contributed by atoms with van der Waals surface area (Å²) in [6.45, 7) is 1.62. The molecule has 3 heterocycles. The molecule has 0 spiro atoms. The number of aromatic hydroxyl groups is 1. The van der Waals surface area contributed by atoms with Gasteiger partial charge in [-0.1, -0.05) is 30.3 Å². The summed E-state index contributed by atoms with van der Waals surface area (Å²) in [6.07, 6.45) is -0.221. The SMILES string of the molecule is N[C@@H]1C[C@H](O)CN(c2nc(Nc3ccc(NC(=O)c4ccc5ccccc5c4O)cc3)nc(N3C[C@@H](N)C[C@@H](O)C3)n2)C1. The maximum Gasteiger partial charge on any atom is 0.259 e. The Bertz CT molecular complexity index is 1560. The highest BCUT2D eigenvalue weighted by Crippen LogP contribution is 2.30. The number of hydrogen-bond acceptors (Lipinski definition) is 12. The molecule has 6 rings (SSSR count). The van der Waals surface area contributed by atoms with Gasteiger partial charge < -0.3 is 47.2 Å². The van der Waals surface area contributed by atoms with E-state index in [0.717, 1.165) is 5.39 Å². The van der Waals surface area contributed by atoms with Crippen LogP contribution in [0.4, 0.5) is 29.2 Å². The third-order valence-corrected chi connectivity index (χ3v) is 7.64. The second-order valence-corrected chi connectivity index (χ2v) is 11.2. The van der Waals surface area contributed by atoms with E-state index in [4.69, 9.17) is 11.5 Å². The van der Waals surface area contributed by atoms with Gasteiger partial charge in [0.15, 0.2) is 0 Å². The summed E-state index contributed by atoms with van der Waals surface area (Å²) in [6, 6.07) is 17.2. The first-order valence-corrected chi connectivity index (χ1v) is 14.2. The molecule has 13 heteroatoms. The van der Waals surface area contributed by atoms with Crippen molar-refractivity contribution in [3.8, 4) is 5.75 Å². The summed E-state index contributed by atoms with van der Waals surface area (Å²) in [5.41, 5.74) is 13.7. The lowest BCUT2D eigenvalue weighted by atomic mass is 10.0. The van der Waals surface area contributed by atoms with Gasteiger partial charge in [-0.25, -0.2) is 0 Å². The lowest BCUT2D eigenvalue weighted by Crippen LogP contribution is -2.51. The van der Waals surface area contributed by atoms with Gasteiger partial charge in [-0.15, -0.1) is 0 Å². The maximum absolute atomic E-state index is 12.9. The van der Waals surface area contributed by atoms with E-state index >= 15 is 0 Å². The molecule has 2 aliphatic rings. The first-order valence-electron chi connectivity index (χ1n) is 14.2. The summed E-state index contributed by atoms with van der Waals surface area (Å²) >= 11 is 0. The van der Waals surface area contributed by atoms with Gasteiger partial charge in [0.25, 0.3) is 5.91 Å². The number of hydrogen-bond donors (Lipinski definition) is 7. The fourth-order valence-corrected chi connectivity index (χ4v) is 5.64. The molecule has 4 aromatic rings. The Labute approximate surface area is 248 Å². The Morgan fingerprint density at radius 3 is 1.95 bits per heavy atom. The molecule has 4 atom stereocenters. The van der Waals surface area contributed by atoms with E-state index in [0.29, 0.717) is 67.7 Å². The molecule has 0 saturated carbocycles. The fraction of sp³-hybridized carbons (Fsp3) is 0.333. The zero-order valence-electron chi connectivity index (χ0n) is 23.5. The molecule has 1 aromatic heterocycles. The van der Waals surface area contributed by atoms with Gasteiger partial charge in [0, 0.05) is 55.0 Å². The Balaban J connectivity index is 1.22. The van der Waals surface area contributed by atoms with E-state index in [2.05, 4.69) is 25.6 Å². The van der Waals surface area contributed by atoms with Crippen LogP contribution in [-0.4, -0.2) is 86.6 Å². The van der Waals surface area contributed by atoms with E-state index in [1.54, 1.807) is 42.5 Å². The van der Waals surface area contributed by atoms with Crippen molar-refractivity contribution in [2.45, 2.75) is 37.1 Å². The number of aromatic nitrogens is 3. The number of amides is 1. The highest BCUT2D eigenvalue weighted by molar-refractivity contribution is 6.09. The molecule has 0 aliphatic carbocycles. The molecular formula is C30H35N9O4. The monoisotopic (exact) mass is 585 g/mol.